The molecule has 68 valence electrons. The molecule has 0 aliphatic heterocycles. The Morgan fingerprint density at radius 3 is 2.92 bits per heavy atom. The Hall–Kier alpha value is -1.71. The molecule has 1 aromatic heterocycles. The molecule has 0 spiro atoms. The van der Waals surface area contributed by atoms with E-state index in [1.54, 1.807) is 30.3 Å². The van der Waals surface area contributed by atoms with Crippen molar-refractivity contribution in [2.45, 2.75) is 0 Å². The van der Waals surface area contributed by atoms with Gasteiger partial charge in [0.1, 0.15) is 0 Å². The molecule has 0 radical (unpaired) electrons. The molecule has 4 nitrogen and oxygen atoms in total. The topological polar surface area (TPSA) is 42.5 Å². The highest BCUT2D eigenvalue weighted by Gasteiger charge is 1.99. The second-order valence-electron chi connectivity index (χ2n) is 2.56. The van der Waals surface area contributed by atoms with Crippen molar-refractivity contribution in [2.75, 3.05) is 7.05 Å². The van der Waals surface area contributed by atoms with Gasteiger partial charge < -0.3 is 0 Å². The first-order chi connectivity index (χ1) is 6.27. The fourth-order valence-corrected chi connectivity index (χ4v) is 0.990. The number of aromatic nitrogens is 2. The molecule has 0 saturated carbocycles. The third-order valence-electron chi connectivity index (χ3n) is 1.54. The van der Waals surface area contributed by atoms with Gasteiger partial charge in [0, 0.05) is 43.8 Å². The van der Waals surface area contributed by atoms with Crippen molar-refractivity contribution < 1.29 is 0 Å². The minimum atomic E-state index is 0.908. The number of hydrogen-bond donors (Lipinski definition) is 0. The van der Waals surface area contributed by atoms with Crippen LogP contribution in [0, 0.1) is 0 Å². The van der Waals surface area contributed by atoms with Gasteiger partial charge in [0.15, 0.2) is 0 Å². The maximum atomic E-state index is 4.05. The highest BCUT2D eigenvalue weighted by atomic mass is 15.2. The van der Waals surface area contributed by atoms with Gasteiger partial charge in [-0.2, -0.15) is 5.10 Å². The fraction of sp³-hybridized carbons (Fsp3) is 0.222. The van der Waals surface area contributed by atoms with Gasteiger partial charge in [0.25, 0.3) is 0 Å². The van der Waals surface area contributed by atoms with Crippen LogP contribution in [0.2, 0.25) is 0 Å². The lowest BCUT2D eigenvalue weighted by Gasteiger charge is -1.93. The number of nitrogens with zero attached hydrogens (tertiary/aromatic N) is 4. The standard InChI is InChI=1S/C9H12N4/c1-10-4-8(5-11-2)9-6-12-13(3)7-9/h4-7H,1H2,2-3H3/b8-4+,11-5-. The normalized spacial score (nSPS) is 12.3. The molecule has 1 aromatic rings. The predicted molar refractivity (Wildman–Crippen MR) is 55.2 cm³/mol. The fourth-order valence-electron chi connectivity index (χ4n) is 0.990. The molecule has 1 heterocycles. The Kier molecular flexibility index (Phi) is 3.14. The molecule has 0 N–H and O–H groups in total. The van der Waals surface area contributed by atoms with Crippen molar-refractivity contribution in [3.8, 4) is 0 Å². The van der Waals surface area contributed by atoms with Crippen molar-refractivity contribution in [1.29, 1.82) is 0 Å². The van der Waals surface area contributed by atoms with Crippen LogP contribution in [0.25, 0.3) is 5.57 Å². The van der Waals surface area contributed by atoms with E-state index in [1.807, 2.05) is 13.2 Å². The summed E-state index contributed by atoms with van der Waals surface area (Å²) in [6.07, 6.45) is 7.05. The zero-order valence-electron chi connectivity index (χ0n) is 7.81. The van der Waals surface area contributed by atoms with Crippen molar-refractivity contribution in [2.24, 2.45) is 17.0 Å². The Morgan fingerprint density at radius 1 is 1.69 bits per heavy atom. The average Bonchev–Trinajstić information content (AvgIpc) is 2.51. The van der Waals surface area contributed by atoms with E-state index in [-0.39, 0.29) is 0 Å². The van der Waals surface area contributed by atoms with Gasteiger partial charge in [-0.25, -0.2) is 0 Å². The largest absolute Gasteiger partial charge is 0.296 e. The Bertz CT molecular complexity index is 346. The van der Waals surface area contributed by atoms with Crippen LogP contribution in [-0.2, 0) is 7.05 Å². The molecule has 4 heteroatoms. The first kappa shape index (κ1) is 9.38. The summed E-state index contributed by atoms with van der Waals surface area (Å²) in [6, 6.07) is 0. The lowest BCUT2D eigenvalue weighted by atomic mass is 10.2. The second kappa shape index (κ2) is 4.35. The molecular weight excluding hydrogens is 164 g/mol. The summed E-state index contributed by atoms with van der Waals surface area (Å²) in [5.74, 6) is 0. The van der Waals surface area contributed by atoms with Gasteiger partial charge >= 0.3 is 0 Å². The van der Waals surface area contributed by atoms with Gasteiger partial charge in [-0.05, 0) is 6.72 Å². The zero-order valence-corrected chi connectivity index (χ0v) is 7.81. The predicted octanol–water partition coefficient (Wildman–Crippen LogP) is 1.16. The molecular formula is C9H12N4. The van der Waals surface area contributed by atoms with E-state index >= 15 is 0 Å². The van der Waals surface area contributed by atoms with E-state index in [0.717, 1.165) is 11.1 Å². The molecule has 0 amide bonds. The van der Waals surface area contributed by atoms with Crippen LogP contribution in [0.3, 0.4) is 0 Å². The van der Waals surface area contributed by atoms with Crippen molar-refractivity contribution in [3.05, 3.63) is 24.2 Å². The molecule has 0 aliphatic carbocycles. The van der Waals surface area contributed by atoms with Crippen LogP contribution in [-0.4, -0.2) is 29.8 Å². The van der Waals surface area contributed by atoms with Gasteiger partial charge in [0.05, 0.1) is 6.20 Å². The minimum Gasteiger partial charge on any atom is -0.296 e. The SMILES string of the molecule is C=N/C=C(\C=N/C)c1cnn(C)c1. The highest BCUT2D eigenvalue weighted by molar-refractivity contribution is 6.09. The molecule has 0 unspecified atom stereocenters. The van der Waals surface area contributed by atoms with E-state index in [4.69, 9.17) is 0 Å². The van der Waals surface area contributed by atoms with Crippen molar-refractivity contribution in [1.82, 2.24) is 9.78 Å². The summed E-state index contributed by atoms with van der Waals surface area (Å²) in [4.78, 5) is 7.62. The molecule has 0 bridgehead atoms. The van der Waals surface area contributed by atoms with E-state index in [1.165, 1.54) is 0 Å². The molecule has 0 aliphatic rings. The van der Waals surface area contributed by atoms with Gasteiger partial charge in [-0.15, -0.1) is 0 Å². The first-order valence-corrected chi connectivity index (χ1v) is 3.85. The summed E-state index contributed by atoms with van der Waals surface area (Å²) in [6.45, 7) is 3.40. The molecule has 0 saturated heterocycles. The van der Waals surface area contributed by atoms with Crippen molar-refractivity contribution in [3.63, 3.8) is 0 Å². The van der Waals surface area contributed by atoms with E-state index in [2.05, 4.69) is 21.8 Å². The smallest absolute Gasteiger partial charge is 0.0569 e. The van der Waals surface area contributed by atoms with Crippen LogP contribution in [0.4, 0.5) is 0 Å². The molecule has 0 aromatic carbocycles. The first-order valence-electron chi connectivity index (χ1n) is 3.85. The zero-order chi connectivity index (χ0) is 9.68. The monoisotopic (exact) mass is 176 g/mol. The third kappa shape index (κ3) is 2.37. The summed E-state index contributed by atoms with van der Waals surface area (Å²) in [5, 5.41) is 4.05. The summed E-state index contributed by atoms with van der Waals surface area (Å²) >= 11 is 0. The minimum absolute atomic E-state index is 0.908. The Balaban J connectivity index is 3.01. The number of aryl methyl sites for hydroxylation is 1. The average molecular weight is 176 g/mol. The van der Waals surface area contributed by atoms with Crippen molar-refractivity contribution >= 4 is 18.5 Å². The van der Waals surface area contributed by atoms with Crippen LogP contribution >= 0.6 is 0 Å². The van der Waals surface area contributed by atoms with E-state index < -0.39 is 0 Å². The summed E-state index contributed by atoms with van der Waals surface area (Å²) < 4.78 is 1.73. The number of aliphatic imine (C=N–C) groups is 2. The van der Waals surface area contributed by atoms with E-state index in [9.17, 15) is 0 Å². The number of hydrogen-bond acceptors (Lipinski definition) is 3. The maximum Gasteiger partial charge on any atom is 0.0569 e. The van der Waals surface area contributed by atoms with Gasteiger partial charge in [-0.1, -0.05) is 0 Å². The number of allylic oxidation sites excluding steroid dienone is 1. The van der Waals surface area contributed by atoms with Gasteiger partial charge in [-0.3, -0.25) is 14.7 Å². The molecule has 0 atom stereocenters. The second-order valence-corrected chi connectivity index (χ2v) is 2.56. The quantitative estimate of drug-likeness (QED) is 0.637. The summed E-state index contributed by atoms with van der Waals surface area (Å²) in [7, 11) is 3.58. The Morgan fingerprint density at radius 2 is 2.46 bits per heavy atom. The maximum absolute atomic E-state index is 4.05. The van der Waals surface area contributed by atoms with Crippen LogP contribution < -0.4 is 0 Å². The van der Waals surface area contributed by atoms with E-state index in [0.29, 0.717) is 0 Å². The van der Waals surface area contributed by atoms with Gasteiger partial charge in [0.2, 0.25) is 0 Å². The lowest BCUT2D eigenvalue weighted by molar-refractivity contribution is 0.767. The highest BCUT2D eigenvalue weighted by Crippen LogP contribution is 2.10. The Labute approximate surface area is 77.3 Å². The molecule has 1 rings (SSSR count). The number of rotatable bonds is 3. The van der Waals surface area contributed by atoms with Crippen LogP contribution in [0.15, 0.2) is 28.6 Å². The molecule has 0 fully saturated rings. The molecule has 13 heavy (non-hydrogen) atoms. The third-order valence-corrected chi connectivity index (χ3v) is 1.54. The van der Waals surface area contributed by atoms with Crippen LogP contribution in [0.5, 0.6) is 0 Å². The summed E-state index contributed by atoms with van der Waals surface area (Å²) in [5.41, 5.74) is 1.89. The lowest BCUT2D eigenvalue weighted by Crippen LogP contribution is -1.85. The van der Waals surface area contributed by atoms with Crippen LogP contribution in [0.1, 0.15) is 5.56 Å².